The van der Waals surface area contributed by atoms with Crippen molar-refractivity contribution in [2.24, 2.45) is 0 Å². The van der Waals surface area contributed by atoms with Gasteiger partial charge in [-0.25, -0.2) is 0 Å². The second kappa shape index (κ2) is 8.02. The van der Waals surface area contributed by atoms with E-state index >= 15 is 0 Å². The van der Waals surface area contributed by atoms with Crippen molar-refractivity contribution in [3.05, 3.63) is 64.1 Å². The quantitative estimate of drug-likeness (QED) is 0.798. The zero-order valence-electron chi connectivity index (χ0n) is 14.2. The molecule has 0 amide bonds. The Morgan fingerprint density at radius 1 is 1.20 bits per heavy atom. The minimum absolute atomic E-state index is 0.108. The molecule has 3 rings (SSSR count). The molecular formula is C20H22BrNO3. The van der Waals surface area contributed by atoms with Crippen LogP contribution in [-0.4, -0.2) is 35.7 Å². The first kappa shape index (κ1) is 18.0. The first-order valence-electron chi connectivity index (χ1n) is 8.48. The SMILES string of the molecule is COc1ccc(C(c2ccccc2Br)N2CCCCC2C(=O)O)cc1. The van der Waals surface area contributed by atoms with Crippen LogP contribution in [0.1, 0.15) is 36.4 Å². The summed E-state index contributed by atoms with van der Waals surface area (Å²) in [5.41, 5.74) is 2.15. The lowest BCUT2D eigenvalue weighted by molar-refractivity contribution is -0.145. The van der Waals surface area contributed by atoms with Gasteiger partial charge in [0.15, 0.2) is 0 Å². The summed E-state index contributed by atoms with van der Waals surface area (Å²) in [5, 5.41) is 9.73. The molecule has 2 unspecified atom stereocenters. The maximum atomic E-state index is 11.8. The van der Waals surface area contributed by atoms with E-state index in [1.807, 2.05) is 42.5 Å². The maximum absolute atomic E-state index is 11.8. The smallest absolute Gasteiger partial charge is 0.320 e. The first-order chi connectivity index (χ1) is 12.1. The number of carboxylic acid groups (broad SMARTS) is 1. The maximum Gasteiger partial charge on any atom is 0.320 e. The molecule has 2 aromatic rings. The zero-order valence-corrected chi connectivity index (χ0v) is 15.8. The van der Waals surface area contributed by atoms with Crippen LogP contribution in [0.25, 0.3) is 0 Å². The Balaban J connectivity index is 2.07. The van der Waals surface area contributed by atoms with Gasteiger partial charge in [0, 0.05) is 4.47 Å². The molecule has 1 fully saturated rings. The number of ether oxygens (including phenoxy) is 1. The molecule has 1 saturated heterocycles. The highest BCUT2D eigenvalue weighted by Gasteiger charge is 2.35. The molecule has 1 N–H and O–H groups in total. The Labute approximate surface area is 156 Å². The van der Waals surface area contributed by atoms with Crippen molar-refractivity contribution in [3.8, 4) is 5.75 Å². The number of methoxy groups -OCH3 is 1. The second-order valence-electron chi connectivity index (χ2n) is 6.28. The summed E-state index contributed by atoms with van der Waals surface area (Å²) in [5.74, 6) is 0.0494. The fourth-order valence-electron chi connectivity index (χ4n) is 3.56. The van der Waals surface area contributed by atoms with Crippen molar-refractivity contribution < 1.29 is 14.6 Å². The Bertz CT molecular complexity index is 732. The second-order valence-corrected chi connectivity index (χ2v) is 7.14. The summed E-state index contributed by atoms with van der Waals surface area (Å²) in [6.07, 6.45) is 2.66. The number of carboxylic acids is 1. The van der Waals surface area contributed by atoms with E-state index < -0.39 is 12.0 Å². The summed E-state index contributed by atoms with van der Waals surface area (Å²) < 4.78 is 6.26. The molecule has 4 nitrogen and oxygen atoms in total. The average Bonchev–Trinajstić information content (AvgIpc) is 2.64. The Kier molecular flexibility index (Phi) is 5.76. The van der Waals surface area contributed by atoms with Gasteiger partial charge in [0.1, 0.15) is 11.8 Å². The molecular weight excluding hydrogens is 382 g/mol. The molecule has 0 spiro atoms. The van der Waals surface area contributed by atoms with Gasteiger partial charge < -0.3 is 9.84 Å². The fraction of sp³-hybridized carbons (Fsp3) is 0.350. The standard InChI is InChI=1S/C20H22BrNO3/c1-25-15-11-9-14(10-12-15)19(16-6-2-3-7-17(16)21)22-13-5-4-8-18(22)20(23)24/h2-3,6-7,9-12,18-19H,4-5,8,13H2,1H3,(H,23,24). The van der Waals surface area contributed by atoms with Crippen LogP contribution in [0.4, 0.5) is 0 Å². The first-order valence-corrected chi connectivity index (χ1v) is 9.28. The Morgan fingerprint density at radius 2 is 1.92 bits per heavy atom. The van der Waals surface area contributed by atoms with Crippen LogP contribution in [0, 0.1) is 0 Å². The summed E-state index contributed by atoms with van der Waals surface area (Å²) in [4.78, 5) is 14.0. The van der Waals surface area contributed by atoms with Gasteiger partial charge in [0.25, 0.3) is 0 Å². The fourth-order valence-corrected chi connectivity index (χ4v) is 4.06. The highest BCUT2D eigenvalue weighted by molar-refractivity contribution is 9.10. The van der Waals surface area contributed by atoms with Crippen molar-refractivity contribution >= 4 is 21.9 Å². The highest BCUT2D eigenvalue weighted by atomic mass is 79.9. The van der Waals surface area contributed by atoms with Gasteiger partial charge in [-0.15, -0.1) is 0 Å². The molecule has 0 bridgehead atoms. The lowest BCUT2D eigenvalue weighted by atomic mass is 9.91. The normalized spacial score (nSPS) is 19.4. The molecule has 0 aromatic heterocycles. The molecule has 0 saturated carbocycles. The minimum atomic E-state index is -0.745. The topological polar surface area (TPSA) is 49.8 Å². The van der Waals surface area contributed by atoms with Gasteiger partial charge in [-0.1, -0.05) is 52.7 Å². The summed E-state index contributed by atoms with van der Waals surface area (Å²) >= 11 is 3.65. The molecule has 2 atom stereocenters. The van der Waals surface area contributed by atoms with Crippen LogP contribution in [0.3, 0.4) is 0 Å². The molecule has 1 aliphatic heterocycles. The van der Waals surface area contributed by atoms with Crippen LogP contribution in [0.5, 0.6) is 5.75 Å². The summed E-state index contributed by atoms with van der Waals surface area (Å²) in [6.45, 7) is 0.773. The van der Waals surface area contributed by atoms with Crippen molar-refractivity contribution in [1.29, 1.82) is 0 Å². The van der Waals surface area contributed by atoms with E-state index in [-0.39, 0.29) is 6.04 Å². The lowest BCUT2D eigenvalue weighted by Crippen LogP contribution is -2.46. The Morgan fingerprint density at radius 3 is 2.56 bits per heavy atom. The number of likely N-dealkylation sites (tertiary alicyclic amines) is 1. The number of piperidine rings is 1. The zero-order chi connectivity index (χ0) is 17.8. The minimum Gasteiger partial charge on any atom is -0.497 e. The van der Waals surface area contributed by atoms with Gasteiger partial charge >= 0.3 is 5.97 Å². The molecule has 1 aliphatic rings. The van der Waals surface area contributed by atoms with Gasteiger partial charge in [-0.2, -0.15) is 0 Å². The van der Waals surface area contributed by atoms with Crippen LogP contribution in [0.2, 0.25) is 0 Å². The third-order valence-corrected chi connectivity index (χ3v) is 5.51. The van der Waals surface area contributed by atoms with Gasteiger partial charge in [0.2, 0.25) is 0 Å². The van der Waals surface area contributed by atoms with E-state index in [0.717, 1.165) is 40.7 Å². The van der Waals surface area contributed by atoms with E-state index in [2.05, 4.69) is 26.9 Å². The number of halogens is 1. The van der Waals surface area contributed by atoms with E-state index in [4.69, 9.17) is 4.74 Å². The molecule has 0 aliphatic carbocycles. The number of carbonyl (C=O) groups is 1. The lowest BCUT2D eigenvalue weighted by Gasteiger charge is -2.40. The highest BCUT2D eigenvalue weighted by Crippen LogP contribution is 2.37. The number of hydrogen-bond donors (Lipinski definition) is 1. The van der Waals surface area contributed by atoms with E-state index in [9.17, 15) is 9.90 Å². The van der Waals surface area contributed by atoms with Crippen LogP contribution in [-0.2, 0) is 4.79 Å². The molecule has 5 heteroatoms. The summed E-state index contributed by atoms with van der Waals surface area (Å²) in [6, 6.07) is 15.4. The van der Waals surface area contributed by atoms with Crippen LogP contribution in [0.15, 0.2) is 53.0 Å². The molecule has 0 radical (unpaired) electrons. The van der Waals surface area contributed by atoms with Crippen molar-refractivity contribution in [2.45, 2.75) is 31.3 Å². The largest absolute Gasteiger partial charge is 0.497 e. The van der Waals surface area contributed by atoms with E-state index in [1.54, 1.807) is 7.11 Å². The molecule has 25 heavy (non-hydrogen) atoms. The van der Waals surface area contributed by atoms with Crippen LogP contribution >= 0.6 is 15.9 Å². The predicted molar refractivity (Wildman–Crippen MR) is 101 cm³/mol. The number of benzene rings is 2. The Hall–Kier alpha value is -1.85. The number of nitrogens with zero attached hydrogens (tertiary/aromatic N) is 1. The van der Waals surface area contributed by atoms with Gasteiger partial charge in [-0.05, 0) is 48.7 Å². The number of hydrogen-bond acceptors (Lipinski definition) is 3. The number of rotatable bonds is 5. The predicted octanol–water partition coefficient (Wildman–Crippen LogP) is 4.49. The van der Waals surface area contributed by atoms with Gasteiger partial charge in [0.05, 0.1) is 13.2 Å². The van der Waals surface area contributed by atoms with E-state index in [1.165, 1.54) is 0 Å². The average molecular weight is 404 g/mol. The monoisotopic (exact) mass is 403 g/mol. The molecule has 1 heterocycles. The van der Waals surface area contributed by atoms with Crippen LogP contribution < -0.4 is 4.74 Å². The van der Waals surface area contributed by atoms with Gasteiger partial charge in [-0.3, -0.25) is 9.69 Å². The molecule has 132 valence electrons. The summed E-state index contributed by atoms with van der Waals surface area (Å²) in [7, 11) is 1.64. The van der Waals surface area contributed by atoms with Crippen molar-refractivity contribution in [1.82, 2.24) is 4.90 Å². The number of aliphatic carboxylic acids is 1. The third kappa shape index (κ3) is 3.88. The van der Waals surface area contributed by atoms with E-state index in [0.29, 0.717) is 6.42 Å². The van der Waals surface area contributed by atoms with Crippen molar-refractivity contribution in [3.63, 3.8) is 0 Å². The molecule has 2 aromatic carbocycles. The van der Waals surface area contributed by atoms with Crippen molar-refractivity contribution in [2.75, 3.05) is 13.7 Å². The third-order valence-electron chi connectivity index (χ3n) is 4.79.